The summed E-state index contributed by atoms with van der Waals surface area (Å²) in [6.07, 6.45) is 0. The first-order valence-corrected chi connectivity index (χ1v) is 8.81. The van der Waals surface area contributed by atoms with Crippen LogP contribution >= 0.6 is 0 Å². The number of rotatable bonds is 6. The predicted molar refractivity (Wildman–Crippen MR) is 90.8 cm³/mol. The molecule has 10 heteroatoms. The van der Waals surface area contributed by atoms with Crippen LogP contribution in [0.3, 0.4) is 0 Å². The van der Waals surface area contributed by atoms with E-state index in [1.807, 2.05) is 0 Å². The summed E-state index contributed by atoms with van der Waals surface area (Å²) in [5.41, 5.74) is 1.31. The Bertz CT molecular complexity index is 1140. The van der Waals surface area contributed by atoms with Crippen LogP contribution in [0, 0.1) is 0 Å². The highest BCUT2D eigenvalue weighted by atomic mass is 32.2. The van der Waals surface area contributed by atoms with E-state index in [0.717, 1.165) is 6.07 Å². The molecule has 0 saturated carbocycles. The minimum Gasteiger partial charge on any atom is -0.495 e. The summed E-state index contributed by atoms with van der Waals surface area (Å²) >= 11 is 0. The molecule has 0 bridgehead atoms. The first-order valence-electron chi connectivity index (χ1n) is 7.33. The summed E-state index contributed by atoms with van der Waals surface area (Å²) < 4.78 is 37.4. The lowest BCUT2D eigenvalue weighted by Gasteiger charge is -2.11. The van der Waals surface area contributed by atoms with E-state index in [4.69, 9.17) is 14.3 Å². The van der Waals surface area contributed by atoms with Gasteiger partial charge in [-0.05, 0) is 35.9 Å². The molecule has 0 aliphatic carbocycles. The minimum atomic E-state index is -3.96. The lowest BCUT2D eigenvalue weighted by Crippen LogP contribution is -2.24. The number of carboxylic acids is 1. The summed E-state index contributed by atoms with van der Waals surface area (Å²) in [7, 11) is -2.71. The highest BCUT2D eigenvalue weighted by Crippen LogP contribution is 2.25. The van der Waals surface area contributed by atoms with E-state index in [9.17, 15) is 18.0 Å². The van der Waals surface area contributed by atoms with Crippen LogP contribution in [0.1, 0.15) is 15.9 Å². The van der Waals surface area contributed by atoms with Gasteiger partial charge in [0, 0.05) is 6.54 Å². The smallest absolute Gasteiger partial charge is 0.417 e. The summed E-state index contributed by atoms with van der Waals surface area (Å²) in [6, 6.07) is 8.27. The molecule has 0 aliphatic heterocycles. The molecule has 3 aromatic rings. The van der Waals surface area contributed by atoms with Crippen LogP contribution < -0.4 is 15.2 Å². The van der Waals surface area contributed by atoms with Gasteiger partial charge >= 0.3 is 11.7 Å². The topological polar surface area (TPSA) is 139 Å². The first-order chi connectivity index (χ1) is 12.3. The quantitative estimate of drug-likeness (QED) is 0.587. The van der Waals surface area contributed by atoms with E-state index < -0.39 is 21.7 Å². The van der Waals surface area contributed by atoms with Gasteiger partial charge in [0.1, 0.15) is 10.6 Å². The Balaban J connectivity index is 1.86. The van der Waals surface area contributed by atoms with E-state index in [1.54, 1.807) is 18.2 Å². The van der Waals surface area contributed by atoms with Gasteiger partial charge in [-0.25, -0.2) is 22.7 Å². The van der Waals surface area contributed by atoms with Crippen molar-refractivity contribution < 1.29 is 27.5 Å². The molecule has 0 atom stereocenters. The monoisotopic (exact) mass is 378 g/mol. The third-order valence-corrected chi connectivity index (χ3v) is 5.09. The van der Waals surface area contributed by atoms with Gasteiger partial charge in [0.25, 0.3) is 0 Å². The van der Waals surface area contributed by atoms with Gasteiger partial charge in [-0.15, -0.1) is 0 Å². The summed E-state index contributed by atoms with van der Waals surface area (Å²) in [5, 5.41) is 8.98. The molecule has 3 rings (SSSR count). The molecule has 1 heterocycles. The average Bonchev–Trinajstić information content (AvgIpc) is 2.98. The van der Waals surface area contributed by atoms with Crippen LogP contribution in [0.25, 0.3) is 11.1 Å². The van der Waals surface area contributed by atoms with Crippen LogP contribution in [0.4, 0.5) is 0 Å². The van der Waals surface area contributed by atoms with Gasteiger partial charge in [0.2, 0.25) is 10.0 Å². The van der Waals surface area contributed by atoms with Crippen molar-refractivity contribution in [2.24, 2.45) is 0 Å². The zero-order chi connectivity index (χ0) is 18.9. The number of nitrogens with one attached hydrogen (secondary N) is 2. The Morgan fingerprint density at radius 2 is 2.04 bits per heavy atom. The Hall–Kier alpha value is -3.11. The Kier molecular flexibility index (Phi) is 4.53. The normalized spacial score (nSPS) is 11.6. The van der Waals surface area contributed by atoms with Gasteiger partial charge in [0.15, 0.2) is 5.58 Å². The average molecular weight is 378 g/mol. The van der Waals surface area contributed by atoms with Crippen molar-refractivity contribution in [3.63, 3.8) is 0 Å². The van der Waals surface area contributed by atoms with E-state index in [2.05, 4.69) is 9.71 Å². The molecule has 26 heavy (non-hydrogen) atoms. The fraction of sp³-hybridized carbons (Fsp3) is 0.125. The van der Waals surface area contributed by atoms with Crippen LogP contribution in [0.2, 0.25) is 0 Å². The number of hydrogen-bond donors (Lipinski definition) is 3. The zero-order valence-corrected chi connectivity index (χ0v) is 14.3. The van der Waals surface area contributed by atoms with E-state index in [1.165, 1.54) is 19.2 Å². The number of oxazole rings is 1. The van der Waals surface area contributed by atoms with Gasteiger partial charge in [0.05, 0.1) is 18.2 Å². The molecule has 0 saturated heterocycles. The van der Waals surface area contributed by atoms with Crippen LogP contribution in [-0.4, -0.2) is 31.6 Å². The molecular weight excluding hydrogens is 364 g/mol. The number of carbonyl (C=O) groups is 1. The van der Waals surface area contributed by atoms with E-state index in [0.29, 0.717) is 16.7 Å². The molecular formula is C16H14N2O7S. The van der Waals surface area contributed by atoms with Crippen LogP contribution in [0.15, 0.2) is 50.5 Å². The number of benzene rings is 2. The Morgan fingerprint density at radius 1 is 1.27 bits per heavy atom. The number of fused-ring (bicyclic) bond motifs is 1. The fourth-order valence-corrected chi connectivity index (χ4v) is 3.54. The lowest BCUT2D eigenvalue weighted by atomic mass is 10.2. The predicted octanol–water partition coefficient (Wildman–Crippen LogP) is 1.31. The molecule has 0 aliphatic rings. The van der Waals surface area contributed by atoms with E-state index >= 15 is 0 Å². The van der Waals surface area contributed by atoms with Gasteiger partial charge in [-0.1, -0.05) is 6.07 Å². The minimum absolute atomic E-state index is 0.0585. The second kappa shape index (κ2) is 6.65. The van der Waals surface area contributed by atoms with Crippen molar-refractivity contribution in [1.29, 1.82) is 0 Å². The number of carboxylic acid groups (broad SMARTS) is 1. The molecule has 0 fully saturated rings. The molecule has 0 amide bonds. The van der Waals surface area contributed by atoms with Crippen LogP contribution in [-0.2, 0) is 16.6 Å². The van der Waals surface area contributed by atoms with Crippen molar-refractivity contribution in [3.05, 3.63) is 58.1 Å². The van der Waals surface area contributed by atoms with Crippen molar-refractivity contribution in [3.8, 4) is 5.75 Å². The van der Waals surface area contributed by atoms with Crippen molar-refractivity contribution in [2.45, 2.75) is 11.4 Å². The fourth-order valence-electron chi connectivity index (χ4n) is 2.38. The zero-order valence-electron chi connectivity index (χ0n) is 13.5. The number of aromatic nitrogens is 1. The number of hydrogen-bond acceptors (Lipinski definition) is 6. The van der Waals surface area contributed by atoms with Crippen molar-refractivity contribution >= 4 is 27.1 Å². The lowest BCUT2D eigenvalue weighted by molar-refractivity contribution is 0.0696. The number of sulfonamides is 1. The summed E-state index contributed by atoms with van der Waals surface area (Å²) in [4.78, 5) is 24.5. The molecule has 136 valence electrons. The molecule has 0 unspecified atom stereocenters. The molecule has 2 aromatic carbocycles. The Morgan fingerprint density at radius 3 is 2.73 bits per heavy atom. The number of ether oxygens (including phenoxy) is 1. The number of aromatic amines is 1. The second-order valence-electron chi connectivity index (χ2n) is 5.34. The third kappa shape index (κ3) is 3.46. The maximum atomic E-state index is 12.5. The van der Waals surface area contributed by atoms with Gasteiger partial charge in [-0.2, -0.15) is 0 Å². The first kappa shape index (κ1) is 17.7. The number of aromatic carboxylic acids is 1. The Labute approximate surface area is 147 Å². The van der Waals surface area contributed by atoms with E-state index in [-0.39, 0.29) is 22.8 Å². The van der Waals surface area contributed by atoms with Crippen molar-refractivity contribution in [2.75, 3.05) is 7.11 Å². The largest absolute Gasteiger partial charge is 0.495 e. The highest BCUT2D eigenvalue weighted by molar-refractivity contribution is 7.89. The van der Waals surface area contributed by atoms with Gasteiger partial charge < -0.3 is 14.3 Å². The number of H-pyrrole nitrogens is 1. The van der Waals surface area contributed by atoms with Crippen LogP contribution in [0.5, 0.6) is 5.75 Å². The standard InChI is InChI=1S/C16H14N2O7S/c1-24-13-7-10(15(19)20)3-5-14(13)26(22,23)17-8-9-2-4-11-12(6-9)25-16(21)18-11/h2-7,17H,8H2,1H3,(H,18,21)(H,19,20). The third-order valence-electron chi connectivity index (χ3n) is 3.65. The maximum Gasteiger partial charge on any atom is 0.417 e. The number of methoxy groups -OCH3 is 1. The molecule has 1 aromatic heterocycles. The van der Waals surface area contributed by atoms with Gasteiger partial charge in [-0.3, -0.25) is 4.98 Å². The SMILES string of the molecule is COc1cc(C(=O)O)ccc1S(=O)(=O)NCc1ccc2[nH]c(=O)oc2c1. The summed E-state index contributed by atoms with van der Waals surface area (Å²) in [5.74, 6) is -1.87. The summed E-state index contributed by atoms with van der Waals surface area (Å²) in [6.45, 7) is -0.0585. The highest BCUT2D eigenvalue weighted by Gasteiger charge is 2.21. The maximum absolute atomic E-state index is 12.5. The molecule has 9 nitrogen and oxygen atoms in total. The second-order valence-corrected chi connectivity index (χ2v) is 7.08. The molecule has 3 N–H and O–H groups in total. The van der Waals surface area contributed by atoms with Crippen molar-refractivity contribution in [1.82, 2.24) is 9.71 Å². The molecule has 0 radical (unpaired) electrons. The molecule has 0 spiro atoms.